The summed E-state index contributed by atoms with van der Waals surface area (Å²) in [6.45, 7) is 11.1. The number of halogens is 3. The van der Waals surface area contributed by atoms with E-state index in [1.807, 2.05) is 85.8 Å². The van der Waals surface area contributed by atoms with Crippen molar-refractivity contribution in [2.24, 2.45) is 0 Å². The van der Waals surface area contributed by atoms with Crippen LogP contribution in [0.4, 0.5) is 18.9 Å². The number of benzene rings is 6. The number of rotatable bonds is 4. The number of hydrogen-bond acceptors (Lipinski definition) is 4. The normalized spacial score (nSPS) is 11.5. The zero-order valence-corrected chi connectivity index (χ0v) is 27.9. The van der Waals surface area contributed by atoms with E-state index in [-0.39, 0.29) is 0 Å². The Morgan fingerprint density at radius 2 is 1.29 bits per heavy atom. The molecule has 2 heterocycles. The number of nitriles is 1. The highest BCUT2D eigenvalue weighted by atomic mass is 19.4. The number of para-hydroxylation sites is 1. The van der Waals surface area contributed by atoms with Gasteiger partial charge in [-0.2, -0.15) is 18.4 Å². The summed E-state index contributed by atoms with van der Waals surface area (Å²) in [4.78, 5) is 19.2. The van der Waals surface area contributed by atoms with Crippen molar-refractivity contribution in [1.82, 2.24) is 15.0 Å². The second kappa shape index (κ2) is 12.5. The third-order valence-electron chi connectivity index (χ3n) is 9.23. The molecule has 0 aliphatic rings. The topological polar surface area (TPSA) is 66.8 Å². The lowest BCUT2D eigenvalue weighted by Gasteiger charge is -2.17. The number of aromatic nitrogens is 3. The molecular weight excluding hydrogens is 656 g/mol. The third kappa shape index (κ3) is 5.67. The first-order chi connectivity index (χ1) is 25.1. The fourth-order valence-corrected chi connectivity index (χ4v) is 6.82. The molecule has 0 bridgehead atoms. The van der Waals surface area contributed by atoms with Crippen molar-refractivity contribution in [2.75, 3.05) is 0 Å². The number of fused-ring (bicyclic) bond motifs is 5. The van der Waals surface area contributed by atoms with Crippen LogP contribution in [0.5, 0.6) is 0 Å². The van der Waals surface area contributed by atoms with E-state index < -0.39 is 11.7 Å². The third-order valence-corrected chi connectivity index (χ3v) is 9.23. The van der Waals surface area contributed by atoms with Crippen molar-refractivity contribution >= 4 is 38.4 Å². The molecule has 8 heteroatoms. The zero-order valence-electron chi connectivity index (χ0n) is 27.9. The van der Waals surface area contributed by atoms with Gasteiger partial charge in [-0.15, -0.1) is 0 Å². The van der Waals surface area contributed by atoms with Crippen LogP contribution in [0.25, 0.3) is 82.5 Å². The summed E-state index contributed by atoms with van der Waals surface area (Å²) in [6.07, 6.45) is -4.47. The average molecular weight is 682 g/mol. The number of pyridine rings is 1. The first-order valence-corrected chi connectivity index (χ1v) is 16.4. The smallest absolute Gasteiger partial charge is 0.247 e. The van der Waals surface area contributed by atoms with E-state index in [4.69, 9.17) is 21.5 Å². The Bertz CT molecular complexity index is 2810. The molecular formula is C44H26F3N5. The van der Waals surface area contributed by atoms with Crippen LogP contribution in [0, 0.1) is 31.8 Å². The molecule has 0 radical (unpaired) electrons. The Hall–Kier alpha value is -6.90. The van der Waals surface area contributed by atoms with Crippen molar-refractivity contribution in [3.8, 4) is 51.0 Å². The van der Waals surface area contributed by atoms with Gasteiger partial charge in [-0.25, -0.2) is 19.8 Å². The van der Waals surface area contributed by atoms with Gasteiger partial charge in [-0.3, -0.25) is 0 Å². The summed E-state index contributed by atoms with van der Waals surface area (Å²) in [6, 6.07) is 38.0. The largest absolute Gasteiger partial charge is 0.416 e. The Morgan fingerprint density at radius 3 is 2.00 bits per heavy atom. The van der Waals surface area contributed by atoms with E-state index in [9.17, 15) is 18.4 Å². The highest BCUT2D eigenvalue weighted by molar-refractivity contribution is 6.22. The maximum atomic E-state index is 13.8. The molecule has 0 N–H and O–H groups in total. The first-order valence-electron chi connectivity index (χ1n) is 16.4. The monoisotopic (exact) mass is 681 g/mol. The van der Waals surface area contributed by atoms with Gasteiger partial charge in [0, 0.05) is 27.3 Å². The van der Waals surface area contributed by atoms with Crippen LogP contribution >= 0.6 is 0 Å². The van der Waals surface area contributed by atoms with Crippen molar-refractivity contribution in [3.63, 3.8) is 0 Å². The van der Waals surface area contributed by atoms with E-state index in [2.05, 4.69) is 10.9 Å². The molecule has 0 saturated carbocycles. The van der Waals surface area contributed by atoms with Gasteiger partial charge in [0.15, 0.2) is 5.69 Å². The number of hydrogen-bond donors (Lipinski definition) is 0. The lowest BCUT2D eigenvalue weighted by atomic mass is 9.93. The average Bonchev–Trinajstić information content (AvgIpc) is 3.16. The lowest BCUT2D eigenvalue weighted by molar-refractivity contribution is -0.137. The van der Waals surface area contributed by atoms with Gasteiger partial charge < -0.3 is 0 Å². The fourth-order valence-electron chi connectivity index (χ4n) is 6.82. The molecule has 0 saturated heterocycles. The van der Waals surface area contributed by atoms with E-state index in [1.54, 1.807) is 37.3 Å². The van der Waals surface area contributed by atoms with Crippen molar-refractivity contribution in [2.45, 2.75) is 20.0 Å². The van der Waals surface area contributed by atoms with Crippen LogP contribution in [-0.2, 0) is 6.18 Å². The van der Waals surface area contributed by atoms with Crippen LogP contribution in [-0.4, -0.2) is 15.0 Å². The number of nitrogens with zero attached hydrogens (tertiary/aromatic N) is 5. The van der Waals surface area contributed by atoms with Gasteiger partial charge in [0.2, 0.25) is 0 Å². The summed E-state index contributed by atoms with van der Waals surface area (Å²) >= 11 is 0. The highest BCUT2D eigenvalue weighted by Gasteiger charge is 2.31. The van der Waals surface area contributed by atoms with Crippen LogP contribution in [0.15, 0.2) is 121 Å². The molecule has 0 atom stereocenters. The van der Waals surface area contributed by atoms with E-state index in [1.165, 1.54) is 6.07 Å². The van der Waals surface area contributed by atoms with Gasteiger partial charge in [0.05, 0.1) is 57.4 Å². The van der Waals surface area contributed by atoms with Gasteiger partial charge in [-0.05, 0) is 84.1 Å². The molecule has 0 aliphatic heterocycles. The minimum atomic E-state index is -4.47. The summed E-state index contributed by atoms with van der Waals surface area (Å²) in [7, 11) is 0. The van der Waals surface area contributed by atoms with Gasteiger partial charge >= 0.3 is 6.18 Å². The molecule has 0 spiro atoms. The Labute approximate surface area is 297 Å². The molecule has 8 rings (SSSR count). The fraction of sp³-hybridized carbons (Fsp3) is 0.0682. The maximum Gasteiger partial charge on any atom is 0.416 e. The standard InChI is InChI=1S/C44H26F3N5/c1-25-19-32(23-33(20-25)44(45,46)47)30-7-6-8-31(22-30)40-38-26(2)21-37-43(39(38)35-9-4-5-10-36(35)50-40)52-42(28-13-11-27(24-48)12-14-28)41(51-37)29-15-17-34(49-3)18-16-29/h4-23H,1-2H3. The summed E-state index contributed by atoms with van der Waals surface area (Å²) < 4.78 is 41.3. The molecule has 0 fully saturated rings. The Kier molecular flexibility index (Phi) is 7.74. The molecule has 2 aromatic heterocycles. The summed E-state index contributed by atoms with van der Waals surface area (Å²) in [5.41, 5.74) is 9.18. The number of alkyl halides is 3. The molecule has 0 unspecified atom stereocenters. The zero-order chi connectivity index (χ0) is 36.1. The second-order valence-electron chi connectivity index (χ2n) is 12.7. The lowest BCUT2D eigenvalue weighted by Crippen LogP contribution is -2.05. The minimum Gasteiger partial charge on any atom is -0.247 e. The Balaban J connectivity index is 1.42. The quantitative estimate of drug-likeness (QED) is 0.137. The molecule has 8 aromatic rings. The maximum absolute atomic E-state index is 13.8. The van der Waals surface area contributed by atoms with Crippen molar-refractivity contribution in [1.29, 1.82) is 5.26 Å². The molecule has 0 aliphatic carbocycles. The van der Waals surface area contributed by atoms with Crippen LogP contribution in [0.2, 0.25) is 0 Å². The first kappa shape index (κ1) is 32.3. The summed E-state index contributed by atoms with van der Waals surface area (Å²) in [5, 5.41) is 12.1. The molecule has 6 aromatic carbocycles. The SMILES string of the molecule is [C-]#[N+]c1ccc(-c2nc3cc(C)c4c(-c5cccc(-c6cc(C)cc(C(F)(F)F)c6)c5)nc5ccccc5c4c3nc2-c2ccc(C#N)cc2)cc1. The molecule has 248 valence electrons. The summed E-state index contributed by atoms with van der Waals surface area (Å²) in [5.74, 6) is 0. The second-order valence-corrected chi connectivity index (χ2v) is 12.7. The molecule has 5 nitrogen and oxygen atoms in total. The van der Waals surface area contributed by atoms with E-state index in [0.717, 1.165) is 50.0 Å². The number of aryl methyl sites for hydroxylation is 2. The van der Waals surface area contributed by atoms with E-state index >= 15 is 0 Å². The van der Waals surface area contributed by atoms with Crippen molar-refractivity contribution in [3.05, 3.63) is 155 Å². The minimum absolute atomic E-state index is 0.469. The van der Waals surface area contributed by atoms with Gasteiger partial charge in [0.25, 0.3) is 0 Å². The van der Waals surface area contributed by atoms with E-state index in [0.29, 0.717) is 56.1 Å². The molecule has 0 amide bonds. The predicted molar refractivity (Wildman–Crippen MR) is 200 cm³/mol. The predicted octanol–water partition coefficient (Wildman–Crippen LogP) is 12.1. The van der Waals surface area contributed by atoms with Crippen LogP contribution in [0.1, 0.15) is 22.3 Å². The molecule has 52 heavy (non-hydrogen) atoms. The van der Waals surface area contributed by atoms with Crippen LogP contribution in [0.3, 0.4) is 0 Å². The highest BCUT2D eigenvalue weighted by Crippen LogP contribution is 2.42. The Morgan fingerprint density at radius 1 is 0.615 bits per heavy atom. The van der Waals surface area contributed by atoms with Gasteiger partial charge in [-0.1, -0.05) is 78.9 Å². The van der Waals surface area contributed by atoms with Crippen LogP contribution < -0.4 is 0 Å². The van der Waals surface area contributed by atoms with Gasteiger partial charge in [0.1, 0.15) is 0 Å². The van der Waals surface area contributed by atoms with Crippen molar-refractivity contribution < 1.29 is 13.2 Å².